The van der Waals surface area contributed by atoms with Crippen molar-refractivity contribution in [2.24, 2.45) is 0 Å². The molecule has 0 fully saturated rings. The Balaban J connectivity index is 1.60. The number of aromatic nitrogens is 1. The van der Waals surface area contributed by atoms with Gasteiger partial charge >= 0.3 is 0 Å². The highest BCUT2D eigenvalue weighted by Gasteiger charge is 2.27. The third kappa shape index (κ3) is 4.57. The number of thiazole rings is 1. The second-order valence-electron chi connectivity index (χ2n) is 6.74. The third-order valence-corrected chi connectivity index (χ3v) is 5.21. The number of anilines is 1. The van der Waals surface area contributed by atoms with Crippen molar-refractivity contribution in [2.75, 3.05) is 39.2 Å². The Labute approximate surface area is 162 Å². The number of carbonyl (C=O) groups is 2. The number of likely N-dealkylation sites (N-methyl/N-ethyl adjacent to an activating group) is 1. The second-order valence-corrected chi connectivity index (χ2v) is 7.46. The van der Waals surface area contributed by atoms with Crippen LogP contribution in [-0.2, 0) is 11.2 Å². The average Bonchev–Trinajstić information content (AvgIpc) is 3.16. The topological polar surface area (TPSA) is 74.8 Å². The number of hydrogen-bond donors (Lipinski definition) is 1. The van der Waals surface area contributed by atoms with E-state index in [1.807, 2.05) is 29.5 Å². The normalized spacial score (nSPS) is 15.7. The van der Waals surface area contributed by atoms with Gasteiger partial charge in [0.25, 0.3) is 5.91 Å². The Kier molecular flexibility index (Phi) is 5.95. The van der Waals surface area contributed by atoms with E-state index in [1.165, 1.54) is 0 Å². The molecule has 3 rings (SSSR count). The van der Waals surface area contributed by atoms with Gasteiger partial charge in [0, 0.05) is 45.1 Å². The van der Waals surface area contributed by atoms with Crippen molar-refractivity contribution < 1.29 is 14.3 Å². The smallest absolute Gasteiger partial charge is 0.253 e. The van der Waals surface area contributed by atoms with Crippen LogP contribution in [0.5, 0.6) is 5.75 Å². The van der Waals surface area contributed by atoms with Crippen LogP contribution in [0.2, 0.25) is 0 Å². The fourth-order valence-corrected chi connectivity index (χ4v) is 3.57. The van der Waals surface area contributed by atoms with E-state index < -0.39 is 0 Å². The van der Waals surface area contributed by atoms with Crippen molar-refractivity contribution in [3.05, 3.63) is 40.3 Å². The molecular weight excluding hydrogens is 364 g/mol. The maximum Gasteiger partial charge on any atom is 0.253 e. The lowest BCUT2D eigenvalue weighted by atomic mass is 10.1. The van der Waals surface area contributed by atoms with Crippen LogP contribution in [0.15, 0.2) is 29.1 Å². The molecule has 7 nitrogen and oxygen atoms in total. The van der Waals surface area contributed by atoms with Gasteiger partial charge in [-0.15, -0.1) is 11.3 Å². The molecule has 1 atom stereocenters. The summed E-state index contributed by atoms with van der Waals surface area (Å²) >= 11 is 1.55. The molecule has 1 aromatic carbocycles. The minimum absolute atomic E-state index is 0.0188. The maximum atomic E-state index is 12.3. The minimum atomic E-state index is -0.0820. The highest BCUT2D eigenvalue weighted by Crippen LogP contribution is 2.34. The number of carbonyl (C=O) groups excluding carboxylic acids is 2. The van der Waals surface area contributed by atoms with Gasteiger partial charge in [0.05, 0.1) is 29.4 Å². The van der Waals surface area contributed by atoms with Crippen molar-refractivity contribution >= 4 is 28.8 Å². The summed E-state index contributed by atoms with van der Waals surface area (Å²) in [5.74, 6) is 0.649. The summed E-state index contributed by atoms with van der Waals surface area (Å²) < 4.78 is 5.81. The Hall–Kier alpha value is -2.61. The van der Waals surface area contributed by atoms with Crippen LogP contribution in [-0.4, -0.2) is 62.0 Å². The van der Waals surface area contributed by atoms with Gasteiger partial charge in [0.2, 0.25) is 5.91 Å². The Morgan fingerprint density at radius 2 is 2.22 bits per heavy atom. The summed E-state index contributed by atoms with van der Waals surface area (Å²) in [4.78, 5) is 32.3. The van der Waals surface area contributed by atoms with E-state index in [1.54, 1.807) is 41.9 Å². The largest absolute Gasteiger partial charge is 0.489 e. The second kappa shape index (κ2) is 8.39. The van der Waals surface area contributed by atoms with E-state index in [9.17, 15) is 9.59 Å². The highest BCUT2D eigenvalue weighted by molar-refractivity contribution is 7.07. The van der Waals surface area contributed by atoms with Gasteiger partial charge in [-0.1, -0.05) is 0 Å². The third-order valence-electron chi connectivity index (χ3n) is 4.58. The summed E-state index contributed by atoms with van der Waals surface area (Å²) in [5.41, 5.74) is 4.21. The highest BCUT2D eigenvalue weighted by atomic mass is 32.1. The first-order chi connectivity index (χ1) is 13.0. The van der Waals surface area contributed by atoms with Crippen molar-refractivity contribution in [1.29, 1.82) is 0 Å². The van der Waals surface area contributed by atoms with E-state index in [0.717, 1.165) is 23.6 Å². The summed E-state index contributed by atoms with van der Waals surface area (Å²) in [5, 5.41) is 4.92. The van der Waals surface area contributed by atoms with Crippen molar-refractivity contribution in [1.82, 2.24) is 15.2 Å². The first-order valence-electron chi connectivity index (χ1n) is 8.81. The predicted molar refractivity (Wildman–Crippen MR) is 106 cm³/mol. The van der Waals surface area contributed by atoms with Crippen LogP contribution in [0.3, 0.4) is 0 Å². The summed E-state index contributed by atoms with van der Waals surface area (Å²) in [6.45, 7) is 1.00. The fraction of sp³-hybridized carbons (Fsp3) is 0.421. The monoisotopic (exact) mass is 388 g/mol. The number of nitrogens with one attached hydrogen (secondary N) is 1. The zero-order valence-electron chi connectivity index (χ0n) is 15.8. The summed E-state index contributed by atoms with van der Waals surface area (Å²) in [6, 6.07) is 5.32. The number of nitrogens with zero attached hydrogens (tertiary/aromatic N) is 3. The fourth-order valence-electron chi connectivity index (χ4n) is 2.97. The molecule has 144 valence electrons. The predicted octanol–water partition coefficient (Wildman–Crippen LogP) is 1.79. The molecule has 0 aliphatic carbocycles. The lowest BCUT2D eigenvalue weighted by Crippen LogP contribution is -2.44. The zero-order chi connectivity index (χ0) is 19.4. The van der Waals surface area contributed by atoms with Crippen LogP contribution in [0.4, 0.5) is 5.69 Å². The lowest BCUT2D eigenvalue weighted by Gasteiger charge is -2.35. The van der Waals surface area contributed by atoms with Gasteiger partial charge < -0.3 is 19.9 Å². The molecule has 0 radical (unpaired) electrons. The Bertz CT molecular complexity index is 807. The molecule has 1 aliphatic rings. The van der Waals surface area contributed by atoms with E-state index >= 15 is 0 Å². The SMILES string of the molecule is CN(C)C(=O)c1ccc2c(c1)N(C)[C@H](CC(=O)NCCc1cscn1)CO2. The number of hydrogen-bond acceptors (Lipinski definition) is 6. The maximum absolute atomic E-state index is 12.3. The lowest BCUT2D eigenvalue weighted by molar-refractivity contribution is -0.121. The molecule has 2 aromatic rings. The molecule has 27 heavy (non-hydrogen) atoms. The van der Waals surface area contributed by atoms with E-state index in [0.29, 0.717) is 25.1 Å². The molecule has 2 amide bonds. The molecule has 0 saturated carbocycles. The van der Waals surface area contributed by atoms with Crippen LogP contribution in [0.1, 0.15) is 22.5 Å². The van der Waals surface area contributed by atoms with Crippen molar-refractivity contribution in [2.45, 2.75) is 18.9 Å². The number of rotatable bonds is 6. The van der Waals surface area contributed by atoms with Gasteiger partial charge in [-0.3, -0.25) is 9.59 Å². The van der Waals surface area contributed by atoms with Gasteiger partial charge in [-0.2, -0.15) is 0 Å². The van der Waals surface area contributed by atoms with E-state index in [2.05, 4.69) is 10.3 Å². The molecular formula is C19H24N4O3S. The zero-order valence-corrected chi connectivity index (χ0v) is 16.6. The molecule has 0 spiro atoms. The molecule has 0 unspecified atom stereocenters. The van der Waals surface area contributed by atoms with Gasteiger partial charge in [-0.05, 0) is 18.2 Å². The molecule has 1 aromatic heterocycles. The number of benzene rings is 1. The van der Waals surface area contributed by atoms with Crippen molar-refractivity contribution in [3.63, 3.8) is 0 Å². The first-order valence-corrected chi connectivity index (χ1v) is 9.75. The van der Waals surface area contributed by atoms with Crippen LogP contribution < -0.4 is 15.0 Å². The molecule has 8 heteroatoms. The van der Waals surface area contributed by atoms with Gasteiger partial charge in [0.15, 0.2) is 0 Å². The quantitative estimate of drug-likeness (QED) is 0.817. The molecule has 1 N–H and O–H groups in total. The van der Waals surface area contributed by atoms with Gasteiger partial charge in [0.1, 0.15) is 12.4 Å². The van der Waals surface area contributed by atoms with E-state index in [-0.39, 0.29) is 17.9 Å². The minimum Gasteiger partial charge on any atom is -0.489 e. The summed E-state index contributed by atoms with van der Waals surface area (Å²) in [6.07, 6.45) is 1.06. The Morgan fingerprint density at radius 1 is 1.41 bits per heavy atom. The average molecular weight is 388 g/mol. The number of ether oxygens (including phenoxy) is 1. The van der Waals surface area contributed by atoms with Crippen LogP contribution in [0, 0.1) is 0 Å². The van der Waals surface area contributed by atoms with Gasteiger partial charge in [-0.25, -0.2) is 4.98 Å². The van der Waals surface area contributed by atoms with Crippen molar-refractivity contribution in [3.8, 4) is 5.75 Å². The molecule has 1 aliphatic heterocycles. The van der Waals surface area contributed by atoms with Crippen LogP contribution >= 0.6 is 11.3 Å². The first kappa shape index (κ1) is 19.2. The molecule has 2 heterocycles. The standard InChI is InChI=1S/C19H24N4O3S/c1-22(2)19(25)13-4-5-17-16(8-13)23(3)15(10-26-17)9-18(24)20-7-6-14-11-27-12-21-14/h4-5,8,11-12,15H,6-7,9-10H2,1-3H3,(H,20,24)/t15-/m1/s1. The summed E-state index contributed by atoms with van der Waals surface area (Å²) in [7, 11) is 5.38. The number of fused-ring (bicyclic) bond motifs is 1. The molecule has 0 saturated heterocycles. The van der Waals surface area contributed by atoms with Crippen LogP contribution in [0.25, 0.3) is 0 Å². The Morgan fingerprint density at radius 3 is 2.93 bits per heavy atom. The van der Waals surface area contributed by atoms with E-state index in [4.69, 9.17) is 4.74 Å². The number of amides is 2. The molecule has 0 bridgehead atoms.